The van der Waals surface area contributed by atoms with Crippen molar-refractivity contribution in [1.82, 2.24) is 10.3 Å². The molecule has 2 unspecified atom stereocenters. The van der Waals surface area contributed by atoms with Gasteiger partial charge >= 0.3 is 0 Å². The van der Waals surface area contributed by atoms with Crippen LogP contribution in [0.25, 0.3) is 0 Å². The van der Waals surface area contributed by atoms with E-state index in [1.807, 2.05) is 12.3 Å². The van der Waals surface area contributed by atoms with Crippen LogP contribution in [0.3, 0.4) is 0 Å². The number of amides is 1. The van der Waals surface area contributed by atoms with Crippen molar-refractivity contribution in [3.63, 3.8) is 0 Å². The van der Waals surface area contributed by atoms with Gasteiger partial charge in [-0.1, -0.05) is 0 Å². The molecule has 0 aliphatic heterocycles. The molecule has 0 saturated heterocycles. The molecule has 17 heavy (non-hydrogen) atoms. The number of aryl methyl sites for hydroxylation is 1. The minimum absolute atomic E-state index is 0.127. The van der Waals surface area contributed by atoms with Gasteiger partial charge in [0.1, 0.15) is 0 Å². The molecule has 1 saturated carbocycles. The molecule has 0 spiro atoms. The maximum Gasteiger partial charge on any atom is 0.223 e. The number of thiazole rings is 1. The maximum atomic E-state index is 11.8. The van der Waals surface area contributed by atoms with E-state index in [1.165, 1.54) is 0 Å². The second kappa shape index (κ2) is 5.60. The van der Waals surface area contributed by atoms with E-state index in [4.69, 9.17) is 5.73 Å². The SMILES string of the molecule is Cc1nc(CCNC(=O)C2CCC(N)C2)cs1. The number of rotatable bonds is 4. The van der Waals surface area contributed by atoms with Crippen molar-refractivity contribution in [3.05, 3.63) is 16.1 Å². The quantitative estimate of drug-likeness (QED) is 0.848. The smallest absolute Gasteiger partial charge is 0.223 e. The standard InChI is InChI=1S/C12H19N3OS/c1-8-15-11(7-17-8)4-5-14-12(16)9-2-3-10(13)6-9/h7,9-10H,2-6,13H2,1H3,(H,14,16). The number of hydrogen-bond acceptors (Lipinski definition) is 4. The molecule has 2 rings (SSSR count). The van der Waals surface area contributed by atoms with Gasteiger partial charge in [-0.25, -0.2) is 4.98 Å². The van der Waals surface area contributed by atoms with Gasteiger partial charge in [0.25, 0.3) is 0 Å². The molecule has 2 atom stereocenters. The van der Waals surface area contributed by atoms with E-state index in [0.717, 1.165) is 36.4 Å². The van der Waals surface area contributed by atoms with Gasteiger partial charge in [-0.2, -0.15) is 0 Å². The van der Waals surface area contributed by atoms with Gasteiger partial charge in [-0.05, 0) is 26.2 Å². The fourth-order valence-electron chi connectivity index (χ4n) is 2.24. The van der Waals surface area contributed by atoms with E-state index in [1.54, 1.807) is 11.3 Å². The van der Waals surface area contributed by atoms with Gasteiger partial charge in [0.2, 0.25) is 5.91 Å². The van der Waals surface area contributed by atoms with Crippen LogP contribution in [-0.2, 0) is 11.2 Å². The zero-order valence-electron chi connectivity index (χ0n) is 10.1. The lowest BCUT2D eigenvalue weighted by Crippen LogP contribution is -2.31. The van der Waals surface area contributed by atoms with Crippen LogP contribution >= 0.6 is 11.3 Å². The second-order valence-corrected chi connectivity index (χ2v) is 5.73. The van der Waals surface area contributed by atoms with Crippen LogP contribution in [0.4, 0.5) is 0 Å². The highest BCUT2D eigenvalue weighted by atomic mass is 32.1. The zero-order chi connectivity index (χ0) is 12.3. The molecule has 1 aliphatic carbocycles. The largest absolute Gasteiger partial charge is 0.355 e. The third-order valence-electron chi connectivity index (χ3n) is 3.19. The highest BCUT2D eigenvalue weighted by Gasteiger charge is 2.27. The molecule has 3 N–H and O–H groups in total. The van der Waals surface area contributed by atoms with Crippen molar-refractivity contribution in [2.75, 3.05) is 6.54 Å². The lowest BCUT2D eigenvalue weighted by molar-refractivity contribution is -0.124. The Morgan fingerprint density at radius 2 is 2.47 bits per heavy atom. The first-order valence-corrected chi connectivity index (χ1v) is 6.97. The van der Waals surface area contributed by atoms with Crippen LogP contribution in [0.15, 0.2) is 5.38 Å². The monoisotopic (exact) mass is 253 g/mol. The van der Waals surface area contributed by atoms with Crippen LogP contribution < -0.4 is 11.1 Å². The van der Waals surface area contributed by atoms with E-state index >= 15 is 0 Å². The molecular weight excluding hydrogens is 234 g/mol. The zero-order valence-corrected chi connectivity index (χ0v) is 10.9. The fourth-order valence-corrected chi connectivity index (χ4v) is 2.88. The summed E-state index contributed by atoms with van der Waals surface area (Å²) in [6.45, 7) is 2.67. The molecule has 1 fully saturated rings. The molecule has 1 heterocycles. The number of nitrogens with zero attached hydrogens (tertiary/aromatic N) is 1. The van der Waals surface area contributed by atoms with Gasteiger partial charge in [0.05, 0.1) is 10.7 Å². The topological polar surface area (TPSA) is 68.0 Å². The number of carbonyl (C=O) groups excluding carboxylic acids is 1. The molecule has 1 aliphatic rings. The fraction of sp³-hybridized carbons (Fsp3) is 0.667. The molecular formula is C12H19N3OS. The summed E-state index contributed by atoms with van der Waals surface area (Å²) in [7, 11) is 0. The molecule has 0 bridgehead atoms. The summed E-state index contributed by atoms with van der Waals surface area (Å²) in [5.41, 5.74) is 6.86. The first kappa shape index (κ1) is 12.5. The summed E-state index contributed by atoms with van der Waals surface area (Å²) in [6.07, 6.45) is 3.56. The Morgan fingerprint density at radius 3 is 3.06 bits per heavy atom. The van der Waals surface area contributed by atoms with E-state index in [-0.39, 0.29) is 17.9 Å². The lowest BCUT2D eigenvalue weighted by atomic mass is 10.1. The van der Waals surface area contributed by atoms with Crippen LogP contribution in [0, 0.1) is 12.8 Å². The van der Waals surface area contributed by atoms with E-state index < -0.39 is 0 Å². The second-order valence-electron chi connectivity index (χ2n) is 4.67. The Balaban J connectivity index is 1.70. The average Bonchev–Trinajstić information content (AvgIpc) is 2.88. The molecule has 1 aromatic rings. The highest BCUT2D eigenvalue weighted by Crippen LogP contribution is 2.23. The molecule has 5 heteroatoms. The van der Waals surface area contributed by atoms with Gasteiger partial charge in [-0.15, -0.1) is 11.3 Å². The summed E-state index contributed by atoms with van der Waals surface area (Å²) < 4.78 is 0. The van der Waals surface area contributed by atoms with Gasteiger partial charge in [0, 0.05) is 30.3 Å². The van der Waals surface area contributed by atoms with Crippen LogP contribution in [-0.4, -0.2) is 23.5 Å². The molecule has 0 aromatic carbocycles. The Bertz CT molecular complexity index is 391. The number of hydrogen-bond donors (Lipinski definition) is 2. The van der Waals surface area contributed by atoms with E-state index in [9.17, 15) is 4.79 Å². The third-order valence-corrected chi connectivity index (χ3v) is 4.01. The van der Waals surface area contributed by atoms with Crippen molar-refractivity contribution in [3.8, 4) is 0 Å². The molecule has 1 amide bonds. The summed E-state index contributed by atoms with van der Waals surface area (Å²) in [6, 6.07) is 0.215. The summed E-state index contributed by atoms with van der Waals surface area (Å²) in [4.78, 5) is 16.2. The number of nitrogens with one attached hydrogen (secondary N) is 1. The summed E-state index contributed by atoms with van der Waals surface area (Å²) >= 11 is 1.65. The van der Waals surface area contributed by atoms with Crippen LogP contribution in [0.1, 0.15) is 30.0 Å². The van der Waals surface area contributed by atoms with Crippen LogP contribution in [0.5, 0.6) is 0 Å². The Morgan fingerprint density at radius 1 is 1.65 bits per heavy atom. The molecule has 1 aromatic heterocycles. The van der Waals surface area contributed by atoms with Gasteiger partial charge < -0.3 is 11.1 Å². The first-order valence-electron chi connectivity index (χ1n) is 6.09. The Kier molecular flexibility index (Phi) is 4.12. The minimum Gasteiger partial charge on any atom is -0.355 e. The Hall–Kier alpha value is -0.940. The van der Waals surface area contributed by atoms with Gasteiger partial charge in [-0.3, -0.25) is 4.79 Å². The van der Waals surface area contributed by atoms with Crippen LogP contribution in [0.2, 0.25) is 0 Å². The highest BCUT2D eigenvalue weighted by molar-refractivity contribution is 7.09. The maximum absolute atomic E-state index is 11.8. The van der Waals surface area contributed by atoms with Gasteiger partial charge in [0.15, 0.2) is 0 Å². The predicted octanol–water partition coefficient (Wildman–Crippen LogP) is 1.24. The van der Waals surface area contributed by atoms with E-state index in [2.05, 4.69) is 10.3 Å². The number of nitrogens with two attached hydrogens (primary N) is 1. The number of aromatic nitrogens is 1. The van der Waals surface area contributed by atoms with Crippen molar-refractivity contribution in [1.29, 1.82) is 0 Å². The van der Waals surface area contributed by atoms with Crippen molar-refractivity contribution in [2.24, 2.45) is 11.7 Å². The van der Waals surface area contributed by atoms with E-state index in [0.29, 0.717) is 6.54 Å². The molecule has 4 nitrogen and oxygen atoms in total. The van der Waals surface area contributed by atoms with Crippen molar-refractivity contribution < 1.29 is 4.79 Å². The van der Waals surface area contributed by atoms with Crippen molar-refractivity contribution in [2.45, 2.75) is 38.6 Å². The Labute approximate surface area is 106 Å². The predicted molar refractivity (Wildman–Crippen MR) is 68.9 cm³/mol. The number of carbonyl (C=O) groups is 1. The normalized spacial score (nSPS) is 23.9. The molecule has 94 valence electrons. The third kappa shape index (κ3) is 3.51. The lowest BCUT2D eigenvalue weighted by Gasteiger charge is -2.09. The van der Waals surface area contributed by atoms with Crippen molar-refractivity contribution >= 4 is 17.2 Å². The summed E-state index contributed by atoms with van der Waals surface area (Å²) in [5, 5.41) is 6.10. The first-order chi connectivity index (χ1) is 8.15. The summed E-state index contributed by atoms with van der Waals surface area (Å²) in [5.74, 6) is 0.284. The average molecular weight is 253 g/mol. The minimum atomic E-state index is 0.127. The molecule has 0 radical (unpaired) electrons.